The summed E-state index contributed by atoms with van der Waals surface area (Å²) < 4.78 is 14.9. The summed E-state index contributed by atoms with van der Waals surface area (Å²) in [4.78, 5) is 12.5. The van der Waals surface area contributed by atoms with E-state index in [1.807, 2.05) is 24.8 Å². The largest absolute Gasteiger partial charge is 0.396 e. The number of halogens is 1. The third-order valence-electron chi connectivity index (χ3n) is 5.85. The Labute approximate surface area is 180 Å². The van der Waals surface area contributed by atoms with Crippen molar-refractivity contribution in [2.24, 2.45) is 5.41 Å². The Hall–Kier alpha value is -1.96. The van der Waals surface area contributed by atoms with E-state index in [9.17, 15) is 14.3 Å². The molecule has 0 aromatic heterocycles. The van der Waals surface area contributed by atoms with Crippen LogP contribution in [-0.2, 0) is 5.54 Å². The van der Waals surface area contributed by atoms with E-state index >= 15 is 0 Å². The van der Waals surface area contributed by atoms with Crippen LogP contribution in [0, 0.1) is 11.2 Å². The highest BCUT2D eigenvalue weighted by atomic mass is 32.2. The van der Waals surface area contributed by atoms with Gasteiger partial charge in [0.2, 0.25) is 0 Å². The number of aliphatic hydroxyl groups is 1. The molecule has 2 aromatic rings. The van der Waals surface area contributed by atoms with Gasteiger partial charge in [-0.25, -0.2) is 4.39 Å². The molecule has 0 saturated carbocycles. The van der Waals surface area contributed by atoms with E-state index in [-0.39, 0.29) is 23.4 Å². The summed E-state index contributed by atoms with van der Waals surface area (Å²) in [7, 11) is 0. The summed E-state index contributed by atoms with van der Waals surface area (Å²) >= 11 is 7.26. The van der Waals surface area contributed by atoms with Crippen molar-refractivity contribution in [3.63, 3.8) is 0 Å². The molecule has 3 N–H and O–H groups in total. The standard InChI is InChI=1S/C22H25FN2O2S2/c1-21(17-9-5-6-10-18(17)23,22(15-26)11-13-29-14-12-22)25-20(28)24-19(27)16-7-3-2-4-8-16/h2-10,26H,11-15H2,1H3,(H2,24,25,27,28)/t21-/m1/s1. The number of amides is 1. The fraction of sp³-hybridized carbons (Fsp3) is 0.364. The van der Waals surface area contributed by atoms with Gasteiger partial charge < -0.3 is 10.4 Å². The first kappa shape index (κ1) is 21.7. The lowest BCUT2D eigenvalue weighted by Gasteiger charge is -2.51. The lowest BCUT2D eigenvalue weighted by molar-refractivity contribution is 0.0231. The van der Waals surface area contributed by atoms with Gasteiger partial charge in [0.05, 0.1) is 12.1 Å². The summed E-state index contributed by atoms with van der Waals surface area (Å²) in [6.45, 7) is 1.75. The van der Waals surface area contributed by atoms with Crippen molar-refractivity contribution in [3.05, 3.63) is 71.5 Å². The molecule has 1 fully saturated rings. The minimum absolute atomic E-state index is 0.107. The van der Waals surface area contributed by atoms with Crippen LogP contribution in [0.1, 0.15) is 35.7 Å². The van der Waals surface area contributed by atoms with Crippen LogP contribution >= 0.6 is 24.0 Å². The molecule has 2 aromatic carbocycles. The maximum absolute atomic E-state index is 14.9. The van der Waals surface area contributed by atoms with Gasteiger partial charge in [0.1, 0.15) is 5.82 Å². The van der Waals surface area contributed by atoms with Crippen molar-refractivity contribution >= 4 is 35.0 Å². The van der Waals surface area contributed by atoms with Crippen LogP contribution in [-0.4, -0.2) is 34.2 Å². The number of carbonyl (C=O) groups excluding carboxylic acids is 1. The molecule has 0 spiro atoms. The SMILES string of the molecule is C[C@@](NC(=S)NC(=O)c1ccccc1)(c1ccccc1F)C1(CO)CCSCC1. The van der Waals surface area contributed by atoms with Gasteiger partial charge in [-0.2, -0.15) is 11.8 Å². The monoisotopic (exact) mass is 432 g/mol. The van der Waals surface area contributed by atoms with Crippen molar-refractivity contribution in [1.29, 1.82) is 0 Å². The predicted octanol–water partition coefficient (Wildman–Crippen LogP) is 3.85. The molecular formula is C22H25FN2O2S2. The number of thiocarbonyl (C=S) groups is 1. The van der Waals surface area contributed by atoms with E-state index < -0.39 is 11.0 Å². The molecule has 1 aliphatic rings. The first-order chi connectivity index (χ1) is 13.9. The number of aliphatic hydroxyl groups excluding tert-OH is 1. The molecule has 0 radical (unpaired) electrons. The van der Waals surface area contributed by atoms with Crippen LogP contribution in [0.2, 0.25) is 0 Å². The molecular weight excluding hydrogens is 407 g/mol. The highest BCUT2D eigenvalue weighted by Crippen LogP contribution is 2.49. The third-order valence-corrected chi connectivity index (χ3v) is 7.04. The van der Waals surface area contributed by atoms with Gasteiger partial charge in [0.15, 0.2) is 5.11 Å². The van der Waals surface area contributed by atoms with Gasteiger partial charge >= 0.3 is 0 Å². The molecule has 1 aliphatic heterocycles. The van der Waals surface area contributed by atoms with E-state index in [1.54, 1.807) is 42.5 Å². The predicted molar refractivity (Wildman–Crippen MR) is 119 cm³/mol. The second kappa shape index (κ2) is 9.24. The summed E-state index contributed by atoms with van der Waals surface area (Å²) in [5.74, 6) is 1.03. The topological polar surface area (TPSA) is 61.4 Å². The van der Waals surface area contributed by atoms with Crippen LogP contribution in [0.5, 0.6) is 0 Å². The first-order valence-electron chi connectivity index (χ1n) is 9.54. The molecule has 154 valence electrons. The number of hydrogen-bond acceptors (Lipinski definition) is 4. The Kier molecular flexibility index (Phi) is 6.93. The fourth-order valence-electron chi connectivity index (χ4n) is 3.95. The smallest absolute Gasteiger partial charge is 0.257 e. The normalized spacial score (nSPS) is 17.8. The van der Waals surface area contributed by atoms with Gasteiger partial charge in [-0.1, -0.05) is 36.4 Å². The molecule has 0 aliphatic carbocycles. The lowest BCUT2D eigenvalue weighted by atomic mass is 9.63. The van der Waals surface area contributed by atoms with Crippen molar-refractivity contribution < 1.29 is 14.3 Å². The zero-order valence-electron chi connectivity index (χ0n) is 16.3. The molecule has 7 heteroatoms. The average molecular weight is 433 g/mol. The molecule has 1 saturated heterocycles. The molecule has 1 heterocycles. The molecule has 0 bridgehead atoms. The lowest BCUT2D eigenvalue weighted by Crippen LogP contribution is -2.61. The van der Waals surface area contributed by atoms with E-state index in [4.69, 9.17) is 12.2 Å². The number of hydrogen-bond donors (Lipinski definition) is 3. The molecule has 0 unspecified atom stereocenters. The Morgan fingerprint density at radius 2 is 1.79 bits per heavy atom. The van der Waals surface area contributed by atoms with Crippen molar-refractivity contribution in [2.75, 3.05) is 18.1 Å². The number of rotatable bonds is 5. The zero-order chi connectivity index (χ0) is 20.9. The van der Waals surface area contributed by atoms with Gasteiger partial charge in [-0.3, -0.25) is 10.1 Å². The van der Waals surface area contributed by atoms with E-state index in [0.717, 1.165) is 11.5 Å². The highest BCUT2D eigenvalue weighted by Gasteiger charge is 2.51. The van der Waals surface area contributed by atoms with E-state index in [2.05, 4.69) is 10.6 Å². The van der Waals surface area contributed by atoms with Gasteiger partial charge in [0, 0.05) is 16.5 Å². The number of thioether (sulfide) groups is 1. The molecule has 4 nitrogen and oxygen atoms in total. The Bertz CT molecular complexity index is 872. The number of carbonyl (C=O) groups is 1. The van der Waals surface area contributed by atoms with Crippen LogP contribution < -0.4 is 10.6 Å². The van der Waals surface area contributed by atoms with Gasteiger partial charge in [-0.05, 0) is 61.7 Å². The van der Waals surface area contributed by atoms with Crippen molar-refractivity contribution in [3.8, 4) is 0 Å². The van der Waals surface area contributed by atoms with Crippen LogP contribution in [0.4, 0.5) is 4.39 Å². The second-order valence-electron chi connectivity index (χ2n) is 7.43. The molecule has 3 rings (SSSR count). The highest BCUT2D eigenvalue weighted by molar-refractivity contribution is 7.99. The van der Waals surface area contributed by atoms with Crippen LogP contribution in [0.3, 0.4) is 0 Å². The summed E-state index contributed by atoms with van der Waals surface area (Å²) in [6, 6.07) is 15.3. The fourth-order valence-corrected chi connectivity index (χ4v) is 5.52. The van der Waals surface area contributed by atoms with Gasteiger partial charge in [-0.15, -0.1) is 0 Å². The van der Waals surface area contributed by atoms with Crippen molar-refractivity contribution in [2.45, 2.75) is 25.3 Å². The van der Waals surface area contributed by atoms with Gasteiger partial charge in [0.25, 0.3) is 5.91 Å². The quantitative estimate of drug-likeness (QED) is 0.627. The maximum atomic E-state index is 14.9. The summed E-state index contributed by atoms with van der Waals surface area (Å²) in [5, 5.41) is 16.4. The molecule has 1 amide bonds. The minimum Gasteiger partial charge on any atom is -0.396 e. The molecule has 1 atom stereocenters. The summed E-state index contributed by atoms with van der Waals surface area (Å²) in [6.07, 6.45) is 1.42. The Balaban J connectivity index is 1.92. The second-order valence-corrected chi connectivity index (χ2v) is 9.06. The number of nitrogens with one attached hydrogen (secondary N) is 2. The summed E-state index contributed by atoms with van der Waals surface area (Å²) in [5.41, 5.74) is -0.690. The van der Waals surface area contributed by atoms with Crippen molar-refractivity contribution in [1.82, 2.24) is 10.6 Å². The zero-order valence-corrected chi connectivity index (χ0v) is 17.9. The third kappa shape index (κ3) is 4.47. The van der Waals surface area contributed by atoms with E-state index in [0.29, 0.717) is 24.0 Å². The minimum atomic E-state index is -0.991. The van der Waals surface area contributed by atoms with Crippen LogP contribution in [0.15, 0.2) is 54.6 Å². The first-order valence-corrected chi connectivity index (χ1v) is 11.1. The maximum Gasteiger partial charge on any atom is 0.257 e. The average Bonchev–Trinajstić information content (AvgIpc) is 2.74. The van der Waals surface area contributed by atoms with E-state index in [1.165, 1.54) is 6.07 Å². The number of benzene rings is 2. The van der Waals surface area contributed by atoms with Crippen LogP contribution in [0.25, 0.3) is 0 Å². The molecule has 29 heavy (non-hydrogen) atoms. The Morgan fingerprint density at radius 1 is 1.17 bits per heavy atom. The Morgan fingerprint density at radius 3 is 2.41 bits per heavy atom.